The van der Waals surface area contributed by atoms with E-state index in [-0.39, 0.29) is 12.4 Å². The number of nitrogens with one attached hydrogen (secondary N) is 1. The molecular formula is C15H14Cl2N2O2. The van der Waals surface area contributed by atoms with Crippen molar-refractivity contribution >= 4 is 29.0 Å². The molecule has 21 heavy (non-hydrogen) atoms. The van der Waals surface area contributed by atoms with Gasteiger partial charge in [-0.2, -0.15) is 0 Å². The van der Waals surface area contributed by atoms with Gasteiger partial charge in [-0.15, -0.1) is 0 Å². The summed E-state index contributed by atoms with van der Waals surface area (Å²) in [5.41, 5.74) is 6.79. The third kappa shape index (κ3) is 4.03. The molecule has 0 saturated heterocycles. The zero-order valence-corrected chi connectivity index (χ0v) is 12.8. The van der Waals surface area contributed by atoms with Gasteiger partial charge in [-0.3, -0.25) is 5.41 Å². The normalized spacial score (nSPS) is 10.2. The summed E-state index contributed by atoms with van der Waals surface area (Å²) in [6.45, 7) is 0.254. The molecule has 0 unspecified atom stereocenters. The Kier molecular flexibility index (Phi) is 4.94. The Bertz CT molecular complexity index is 675. The van der Waals surface area contributed by atoms with E-state index in [1.165, 1.54) is 7.11 Å². The quantitative estimate of drug-likeness (QED) is 0.648. The van der Waals surface area contributed by atoms with Crippen molar-refractivity contribution < 1.29 is 9.47 Å². The number of hydrogen-bond acceptors (Lipinski definition) is 3. The van der Waals surface area contributed by atoms with Crippen molar-refractivity contribution in [2.45, 2.75) is 6.61 Å². The van der Waals surface area contributed by atoms with Gasteiger partial charge >= 0.3 is 0 Å². The third-order valence-electron chi connectivity index (χ3n) is 2.83. The molecule has 2 aromatic carbocycles. The molecule has 0 aromatic heterocycles. The largest absolute Gasteiger partial charge is 0.497 e. The van der Waals surface area contributed by atoms with Crippen molar-refractivity contribution in [2.75, 3.05) is 7.11 Å². The molecule has 2 rings (SSSR count). The van der Waals surface area contributed by atoms with Gasteiger partial charge in [-0.05, 0) is 30.3 Å². The van der Waals surface area contributed by atoms with E-state index in [0.29, 0.717) is 27.1 Å². The average Bonchev–Trinajstić information content (AvgIpc) is 2.47. The highest BCUT2D eigenvalue weighted by atomic mass is 35.5. The van der Waals surface area contributed by atoms with Gasteiger partial charge in [0.05, 0.1) is 7.11 Å². The molecule has 110 valence electrons. The molecule has 0 amide bonds. The van der Waals surface area contributed by atoms with Crippen LogP contribution in [0.1, 0.15) is 11.1 Å². The van der Waals surface area contributed by atoms with Crippen LogP contribution in [0.4, 0.5) is 0 Å². The molecule has 2 aromatic rings. The van der Waals surface area contributed by atoms with Crippen LogP contribution in [-0.4, -0.2) is 12.9 Å². The van der Waals surface area contributed by atoms with Crippen molar-refractivity contribution in [3.63, 3.8) is 0 Å². The molecular weight excluding hydrogens is 311 g/mol. The van der Waals surface area contributed by atoms with Gasteiger partial charge in [0.15, 0.2) is 0 Å². The fraction of sp³-hybridized carbons (Fsp3) is 0.133. The minimum atomic E-state index is -0.0560. The number of nitrogen functional groups attached to an aromatic ring is 1. The van der Waals surface area contributed by atoms with Crippen LogP contribution >= 0.6 is 23.2 Å². The molecule has 0 spiro atoms. The zero-order chi connectivity index (χ0) is 15.4. The fourth-order valence-electron chi connectivity index (χ4n) is 1.74. The van der Waals surface area contributed by atoms with Crippen molar-refractivity contribution in [2.24, 2.45) is 5.73 Å². The minimum Gasteiger partial charge on any atom is -0.497 e. The molecule has 0 bridgehead atoms. The summed E-state index contributed by atoms with van der Waals surface area (Å²) in [6.07, 6.45) is 0. The predicted molar refractivity (Wildman–Crippen MR) is 84.8 cm³/mol. The number of rotatable bonds is 5. The lowest BCUT2D eigenvalue weighted by molar-refractivity contribution is 0.303. The van der Waals surface area contributed by atoms with Crippen molar-refractivity contribution in [1.29, 1.82) is 5.41 Å². The third-order valence-corrected chi connectivity index (χ3v) is 3.43. The Morgan fingerprint density at radius 2 is 1.86 bits per heavy atom. The monoisotopic (exact) mass is 324 g/mol. The molecule has 6 heteroatoms. The number of methoxy groups -OCH3 is 1. The Morgan fingerprint density at radius 1 is 1.14 bits per heavy atom. The second kappa shape index (κ2) is 6.70. The number of hydrogen-bond donors (Lipinski definition) is 2. The van der Waals surface area contributed by atoms with E-state index in [0.717, 1.165) is 5.56 Å². The zero-order valence-electron chi connectivity index (χ0n) is 11.3. The Hall–Kier alpha value is -1.91. The average molecular weight is 325 g/mol. The van der Waals surface area contributed by atoms with Crippen LogP contribution in [0.15, 0.2) is 36.4 Å². The van der Waals surface area contributed by atoms with E-state index >= 15 is 0 Å². The van der Waals surface area contributed by atoms with Gasteiger partial charge in [-0.25, -0.2) is 0 Å². The number of amidine groups is 1. The maximum atomic E-state index is 7.49. The fourth-order valence-corrected chi connectivity index (χ4v) is 2.11. The van der Waals surface area contributed by atoms with Gasteiger partial charge in [0, 0.05) is 27.2 Å². The van der Waals surface area contributed by atoms with Crippen LogP contribution in [-0.2, 0) is 6.61 Å². The van der Waals surface area contributed by atoms with Crippen LogP contribution in [0.2, 0.25) is 10.0 Å². The summed E-state index contributed by atoms with van der Waals surface area (Å²) in [7, 11) is 1.54. The van der Waals surface area contributed by atoms with Crippen molar-refractivity contribution in [3.05, 3.63) is 57.6 Å². The maximum Gasteiger partial charge on any atom is 0.124 e. The topological polar surface area (TPSA) is 68.3 Å². The summed E-state index contributed by atoms with van der Waals surface area (Å²) < 4.78 is 10.8. The second-order valence-electron chi connectivity index (χ2n) is 4.34. The Balaban J connectivity index is 2.21. The smallest absolute Gasteiger partial charge is 0.124 e. The number of nitrogens with two attached hydrogens (primary N) is 1. The van der Waals surface area contributed by atoms with Gasteiger partial charge in [0.25, 0.3) is 0 Å². The molecule has 0 fully saturated rings. The van der Waals surface area contributed by atoms with Crippen molar-refractivity contribution in [3.8, 4) is 11.5 Å². The summed E-state index contributed by atoms with van der Waals surface area (Å²) >= 11 is 12.0. The minimum absolute atomic E-state index is 0.0560. The van der Waals surface area contributed by atoms with Gasteiger partial charge in [0.1, 0.15) is 23.9 Å². The van der Waals surface area contributed by atoms with Gasteiger partial charge in [-0.1, -0.05) is 23.2 Å². The highest BCUT2D eigenvalue weighted by molar-refractivity contribution is 6.33. The van der Waals surface area contributed by atoms with Crippen LogP contribution in [0, 0.1) is 5.41 Å². The first-order valence-electron chi connectivity index (χ1n) is 6.10. The van der Waals surface area contributed by atoms with E-state index in [1.807, 2.05) is 0 Å². The predicted octanol–water partition coefficient (Wildman–Crippen LogP) is 3.87. The number of benzene rings is 2. The lowest BCUT2D eigenvalue weighted by Crippen LogP contribution is -2.11. The molecule has 0 atom stereocenters. The number of halogens is 2. The lowest BCUT2D eigenvalue weighted by atomic mass is 10.2. The standard InChI is InChI=1S/C15H14Cl2N2O2/c1-20-12-5-9(15(18)19)6-13(7-12)21-8-10-4-11(16)2-3-14(10)17/h2-7H,8H2,1H3,(H3,18,19). The number of ether oxygens (including phenoxy) is 2. The summed E-state index contributed by atoms with van der Waals surface area (Å²) in [5.74, 6) is 1.05. The first kappa shape index (κ1) is 15.5. The SMILES string of the molecule is COc1cc(OCc2cc(Cl)ccc2Cl)cc(C(=N)N)c1. The van der Waals surface area contributed by atoms with E-state index in [2.05, 4.69) is 0 Å². The molecule has 4 nitrogen and oxygen atoms in total. The highest BCUT2D eigenvalue weighted by Gasteiger charge is 2.07. The molecule has 0 saturated carbocycles. The first-order chi connectivity index (χ1) is 9.99. The van der Waals surface area contributed by atoms with Gasteiger partial charge < -0.3 is 15.2 Å². The Labute approximate surface area is 132 Å². The van der Waals surface area contributed by atoms with Crippen LogP contribution < -0.4 is 15.2 Å². The molecule has 0 aliphatic rings. The molecule has 0 radical (unpaired) electrons. The highest BCUT2D eigenvalue weighted by Crippen LogP contribution is 2.26. The maximum absolute atomic E-state index is 7.49. The summed E-state index contributed by atoms with van der Waals surface area (Å²) in [5, 5.41) is 8.66. The van der Waals surface area contributed by atoms with Crippen LogP contribution in [0.25, 0.3) is 0 Å². The van der Waals surface area contributed by atoms with E-state index in [9.17, 15) is 0 Å². The Morgan fingerprint density at radius 3 is 2.52 bits per heavy atom. The van der Waals surface area contributed by atoms with E-state index in [1.54, 1.807) is 36.4 Å². The molecule has 0 aliphatic heterocycles. The van der Waals surface area contributed by atoms with Crippen LogP contribution in [0.5, 0.6) is 11.5 Å². The van der Waals surface area contributed by atoms with Gasteiger partial charge in [0.2, 0.25) is 0 Å². The second-order valence-corrected chi connectivity index (χ2v) is 5.18. The molecule has 3 N–H and O–H groups in total. The summed E-state index contributed by atoms with van der Waals surface area (Å²) in [4.78, 5) is 0. The van der Waals surface area contributed by atoms with Crippen LogP contribution in [0.3, 0.4) is 0 Å². The molecule has 0 aliphatic carbocycles. The van der Waals surface area contributed by atoms with Crippen molar-refractivity contribution in [1.82, 2.24) is 0 Å². The van der Waals surface area contributed by atoms with E-state index < -0.39 is 0 Å². The molecule has 0 heterocycles. The first-order valence-corrected chi connectivity index (χ1v) is 6.85. The summed E-state index contributed by atoms with van der Waals surface area (Å²) in [6, 6.07) is 10.2. The van der Waals surface area contributed by atoms with E-state index in [4.69, 9.17) is 43.8 Å². The lowest BCUT2D eigenvalue weighted by Gasteiger charge is -2.11.